The summed E-state index contributed by atoms with van der Waals surface area (Å²) in [6.07, 6.45) is 2.22. The van der Waals surface area contributed by atoms with Gasteiger partial charge in [-0.2, -0.15) is 0 Å². The molecular formula is C13H20O. The van der Waals surface area contributed by atoms with Crippen LogP contribution in [0.2, 0.25) is 0 Å². The largest absolute Gasteiger partial charge is 0.493 e. The molecule has 0 N–H and O–H groups in total. The zero-order valence-corrected chi connectivity index (χ0v) is 9.42. The lowest BCUT2D eigenvalue weighted by Crippen LogP contribution is -2.00. The third-order valence-corrected chi connectivity index (χ3v) is 2.52. The van der Waals surface area contributed by atoms with Crippen molar-refractivity contribution in [3.63, 3.8) is 0 Å². The molecule has 1 nitrogen and oxygen atoms in total. The maximum absolute atomic E-state index is 5.71. The number of benzene rings is 1. The molecule has 0 radical (unpaired) electrons. The quantitative estimate of drug-likeness (QED) is 0.685. The van der Waals surface area contributed by atoms with Gasteiger partial charge >= 0.3 is 0 Å². The predicted octanol–water partition coefficient (Wildman–Crippen LogP) is 3.99. The highest BCUT2D eigenvalue weighted by atomic mass is 16.5. The summed E-state index contributed by atoms with van der Waals surface area (Å²) in [4.78, 5) is 0. The second-order valence-corrected chi connectivity index (χ2v) is 3.70. The molecular weight excluding hydrogens is 172 g/mol. The fraction of sp³-hybridized carbons (Fsp3) is 0.538. The topological polar surface area (TPSA) is 9.23 Å². The number of ether oxygens (including phenoxy) is 1. The normalized spacial score (nSPS) is 12.5. The van der Waals surface area contributed by atoms with Crippen molar-refractivity contribution in [3.8, 4) is 5.75 Å². The molecule has 0 aliphatic rings. The van der Waals surface area contributed by atoms with E-state index in [0.29, 0.717) is 5.92 Å². The van der Waals surface area contributed by atoms with E-state index in [2.05, 4.69) is 39.0 Å². The fourth-order valence-corrected chi connectivity index (χ4v) is 1.45. The van der Waals surface area contributed by atoms with Crippen molar-refractivity contribution < 1.29 is 4.74 Å². The van der Waals surface area contributed by atoms with Crippen LogP contribution >= 0.6 is 0 Å². The summed E-state index contributed by atoms with van der Waals surface area (Å²) >= 11 is 0. The Morgan fingerprint density at radius 2 is 1.93 bits per heavy atom. The number of rotatable bonds is 5. The highest BCUT2D eigenvalue weighted by Crippen LogP contribution is 2.28. The van der Waals surface area contributed by atoms with Crippen LogP contribution in [0.5, 0.6) is 5.75 Å². The van der Waals surface area contributed by atoms with Gasteiger partial charge in [-0.25, -0.2) is 0 Å². The van der Waals surface area contributed by atoms with Gasteiger partial charge in [0.05, 0.1) is 6.61 Å². The third kappa shape index (κ3) is 2.76. The molecule has 1 heteroatoms. The summed E-state index contributed by atoms with van der Waals surface area (Å²) in [6.45, 7) is 7.40. The molecule has 1 unspecified atom stereocenters. The van der Waals surface area contributed by atoms with E-state index in [1.807, 2.05) is 6.07 Å². The third-order valence-electron chi connectivity index (χ3n) is 2.52. The fourth-order valence-electron chi connectivity index (χ4n) is 1.45. The number of para-hydroxylation sites is 1. The summed E-state index contributed by atoms with van der Waals surface area (Å²) in [5.74, 6) is 1.65. The highest BCUT2D eigenvalue weighted by molar-refractivity contribution is 5.35. The summed E-state index contributed by atoms with van der Waals surface area (Å²) in [6, 6.07) is 8.35. The average Bonchev–Trinajstić information content (AvgIpc) is 2.25. The van der Waals surface area contributed by atoms with E-state index in [4.69, 9.17) is 4.74 Å². The molecule has 0 aliphatic heterocycles. The van der Waals surface area contributed by atoms with Crippen molar-refractivity contribution in [2.24, 2.45) is 0 Å². The second kappa shape index (κ2) is 5.69. The number of hydrogen-bond acceptors (Lipinski definition) is 1. The molecule has 1 aromatic carbocycles. The summed E-state index contributed by atoms with van der Waals surface area (Å²) in [5, 5.41) is 0. The molecule has 1 rings (SSSR count). The molecule has 0 aliphatic carbocycles. The summed E-state index contributed by atoms with van der Waals surface area (Å²) < 4.78 is 5.71. The van der Waals surface area contributed by atoms with Crippen molar-refractivity contribution in [2.45, 2.75) is 39.5 Å². The molecule has 0 spiro atoms. The molecule has 0 bridgehead atoms. The van der Waals surface area contributed by atoms with Gasteiger partial charge in [0.1, 0.15) is 5.75 Å². The summed E-state index contributed by atoms with van der Waals surface area (Å²) in [7, 11) is 0. The van der Waals surface area contributed by atoms with Gasteiger partial charge in [0.2, 0.25) is 0 Å². The Labute approximate surface area is 87.1 Å². The molecule has 0 saturated heterocycles. The van der Waals surface area contributed by atoms with Gasteiger partial charge in [-0.05, 0) is 30.4 Å². The lowest BCUT2D eigenvalue weighted by atomic mass is 9.98. The second-order valence-electron chi connectivity index (χ2n) is 3.70. The Balaban J connectivity index is 2.79. The van der Waals surface area contributed by atoms with Gasteiger partial charge in [-0.15, -0.1) is 0 Å². The minimum absolute atomic E-state index is 0.586. The Hall–Kier alpha value is -0.980. The lowest BCUT2D eigenvalue weighted by Gasteiger charge is -2.15. The highest BCUT2D eigenvalue weighted by Gasteiger charge is 2.08. The van der Waals surface area contributed by atoms with Crippen LogP contribution in [0.15, 0.2) is 24.3 Å². The zero-order valence-electron chi connectivity index (χ0n) is 9.42. The molecule has 0 amide bonds. The van der Waals surface area contributed by atoms with Crippen molar-refractivity contribution >= 4 is 0 Å². The van der Waals surface area contributed by atoms with Gasteiger partial charge in [0, 0.05) is 0 Å². The van der Waals surface area contributed by atoms with E-state index < -0.39 is 0 Å². The zero-order chi connectivity index (χ0) is 10.4. The Morgan fingerprint density at radius 3 is 2.57 bits per heavy atom. The predicted molar refractivity (Wildman–Crippen MR) is 60.9 cm³/mol. The maximum atomic E-state index is 5.71. The maximum Gasteiger partial charge on any atom is 0.122 e. The first kappa shape index (κ1) is 11.1. The Bertz CT molecular complexity index is 268. The molecule has 14 heavy (non-hydrogen) atoms. The van der Waals surface area contributed by atoms with E-state index >= 15 is 0 Å². The first-order valence-corrected chi connectivity index (χ1v) is 5.51. The van der Waals surface area contributed by atoms with Crippen molar-refractivity contribution in [1.29, 1.82) is 0 Å². The van der Waals surface area contributed by atoms with E-state index in [1.54, 1.807) is 0 Å². The molecule has 78 valence electrons. The average molecular weight is 192 g/mol. The van der Waals surface area contributed by atoms with E-state index in [9.17, 15) is 0 Å². The molecule has 0 saturated carbocycles. The summed E-state index contributed by atoms with van der Waals surface area (Å²) in [5.41, 5.74) is 1.34. The van der Waals surface area contributed by atoms with E-state index in [1.165, 1.54) is 5.56 Å². The molecule has 0 heterocycles. The molecule has 0 aromatic heterocycles. The standard InChI is InChI=1S/C13H20O/c1-4-10-14-13-9-7-6-8-12(13)11(3)5-2/h6-9,11H,4-5,10H2,1-3H3. The van der Waals surface area contributed by atoms with Crippen molar-refractivity contribution in [3.05, 3.63) is 29.8 Å². The van der Waals surface area contributed by atoms with Crippen LogP contribution in [0.1, 0.15) is 45.1 Å². The van der Waals surface area contributed by atoms with Crippen LogP contribution in [0.3, 0.4) is 0 Å². The van der Waals surface area contributed by atoms with Crippen LogP contribution in [0, 0.1) is 0 Å². The van der Waals surface area contributed by atoms with Gasteiger partial charge in [0.15, 0.2) is 0 Å². The van der Waals surface area contributed by atoms with E-state index in [-0.39, 0.29) is 0 Å². The monoisotopic (exact) mass is 192 g/mol. The first-order chi connectivity index (χ1) is 6.79. The van der Waals surface area contributed by atoms with Gasteiger partial charge in [0.25, 0.3) is 0 Å². The molecule has 1 atom stereocenters. The van der Waals surface area contributed by atoms with Crippen LogP contribution in [-0.2, 0) is 0 Å². The van der Waals surface area contributed by atoms with Crippen molar-refractivity contribution in [2.75, 3.05) is 6.61 Å². The van der Waals surface area contributed by atoms with Gasteiger partial charge < -0.3 is 4.74 Å². The lowest BCUT2D eigenvalue weighted by molar-refractivity contribution is 0.312. The minimum atomic E-state index is 0.586. The van der Waals surface area contributed by atoms with Gasteiger partial charge in [-0.1, -0.05) is 39.0 Å². The number of hydrogen-bond donors (Lipinski definition) is 0. The van der Waals surface area contributed by atoms with Gasteiger partial charge in [-0.3, -0.25) is 0 Å². The van der Waals surface area contributed by atoms with Crippen LogP contribution < -0.4 is 4.74 Å². The van der Waals surface area contributed by atoms with Crippen LogP contribution in [0.25, 0.3) is 0 Å². The van der Waals surface area contributed by atoms with Crippen LogP contribution in [-0.4, -0.2) is 6.61 Å². The first-order valence-electron chi connectivity index (χ1n) is 5.51. The minimum Gasteiger partial charge on any atom is -0.493 e. The van der Waals surface area contributed by atoms with E-state index in [0.717, 1.165) is 25.2 Å². The van der Waals surface area contributed by atoms with Crippen LogP contribution in [0.4, 0.5) is 0 Å². The Morgan fingerprint density at radius 1 is 1.21 bits per heavy atom. The van der Waals surface area contributed by atoms with Crippen molar-refractivity contribution in [1.82, 2.24) is 0 Å². The Kier molecular flexibility index (Phi) is 4.51. The smallest absolute Gasteiger partial charge is 0.122 e. The SMILES string of the molecule is CCCOc1ccccc1C(C)CC. The molecule has 0 fully saturated rings. The molecule has 1 aromatic rings.